The van der Waals surface area contributed by atoms with Crippen molar-refractivity contribution in [1.29, 1.82) is 0 Å². The fourth-order valence-electron chi connectivity index (χ4n) is 2.87. The maximum Gasteiger partial charge on any atom is 0.258 e. The van der Waals surface area contributed by atoms with Gasteiger partial charge in [0.25, 0.3) is 5.89 Å². The van der Waals surface area contributed by atoms with Crippen LogP contribution in [-0.4, -0.2) is 16.2 Å². The summed E-state index contributed by atoms with van der Waals surface area (Å²) in [5, 5.41) is 6.15. The summed E-state index contributed by atoms with van der Waals surface area (Å²) in [4.78, 5) is 4.50. The van der Waals surface area contributed by atoms with Crippen LogP contribution in [0.2, 0.25) is 0 Å². The Morgan fingerprint density at radius 3 is 2.71 bits per heavy atom. The summed E-state index contributed by atoms with van der Waals surface area (Å²) in [6.07, 6.45) is 0. The third-order valence-electron chi connectivity index (χ3n) is 4.04. The van der Waals surface area contributed by atoms with Crippen LogP contribution in [0.5, 0.6) is 0 Å². The maximum atomic E-state index is 5.53. The minimum Gasteiger partial charge on any atom is -0.466 e. The van der Waals surface area contributed by atoms with Gasteiger partial charge in [0.2, 0.25) is 5.82 Å². The first-order chi connectivity index (χ1) is 11.5. The second-order valence-electron chi connectivity index (χ2n) is 6.18. The molecule has 0 unspecified atom stereocenters. The fourth-order valence-corrected chi connectivity index (χ4v) is 2.87. The van der Waals surface area contributed by atoms with Crippen LogP contribution >= 0.6 is 0 Å². The van der Waals surface area contributed by atoms with Crippen LogP contribution in [-0.2, 0) is 0 Å². The Morgan fingerprint density at radius 2 is 2.00 bits per heavy atom. The second-order valence-corrected chi connectivity index (χ2v) is 6.18. The van der Waals surface area contributed by atoms with Crippen molar-refractivity contribution in [2.75, 3.05) is 10.4 Å². The van der Waals surface area contributed by atoms with Gasteiger partial charge in [-0.2, -0.15) is 4.98 Å². The molecule has 0 saturated carbocycles. The molecule has 1 aromatic carbocycles. The Labute approximate surface area is 139 Å². The van der Waals surface area contributed by atoms with Crippen LogP contribution in [0.3, 0.4) is 0 Å². The van der Waals surface area contributed by atoms with E-state index in [-0.39, 0.29) is 0 Å². The van der Waals surface area contributed by atoms with Crippen LogP contribution < -0.4 is 16.0 Å². The highest BCUT2D eigenvalue weighted by Crippen LogP contribution is 2.34. The molecule has 24 heavy (non-hydrogen) atoms. The van der Waals surface area contributed by atoms with Gasteiger partial charge in [-0.05, 0) is 52.0 Å². The first-order valence-electron chi connectivity index (χ1n) is 7.89. The van der Waals surface area contributed by atoms with Crippen LogP contribution in [0.1, 0.15) is 25.4 Å². The van der Waals surface area contributed by atoms with Gasteiger partial charge in [0, 0.05) is 11.6 Å². The lowest BCUT2D eigenvalue weighted by atomic mass is 10.1. The normalized spacial score (nSPS) is 13.5. The van der Waals surface area contributed by atoms with E-state index in [1.165, 1.54) is 0 Å². The topological polar surface area (TPSA) is 79.4 Å². The molecule has 0 aliphatic carbocycles. The predicted octanol–water partition coefficient (Wildman–Crippen LogP) is 3.67. The number of hydrogen-bond acceptors (Lipinski definition) is 7. The molecule has 0 amide bonds. The zero-order chi connectivity index (χ0) is 16.8. The number of furan rings is 1. The van der Waals surface area contributed by atoms with Crippen LogP contribution in [0.15, 0.2) is 33.2 Å². The van der Waals surface area contributed by atoms with Crippen LogP contribution in [0.25, 0.3) is 22.8 Å². The van der Waals surface area contributed by atoms with E-state index < -0.39 is 0 Å². The van der Waals surface area contributed by atoms with Crippen molar-refractivity contribution >= 4 is 11.4 Å². The van der Waals surface area contributed by atoms with Crippen molar-refractivity contribution in [3.8, 4) is 22.8 Å². The molecule has 4 rings (SSSR count). The Morgan fingerprint density at radius 1 is 1.17 bits per heavy atom. The molecule has 7 nitrogen and oxygen atoms in total. The molecule has 2 N–H and O–H groups in total. The summed E-state index contributed by atoms with van der Waals surface area (Å²) in [7, 11) is 0. The molecule has 7 heteroatoms. The van der Waals surface area contributed by atoms with E-state index in [0.29, 0.717) is 17.8 Å². The van der Waals surface area contributed by atoms with Gasteiger partial charge in [-0.1, -0.05) is 5.16 Å². The largest absolute Gasteiger partial charge is 0.466 e. The average molecular weight is 325 g/mol. The number of hydrogen-bond donors (Lipinski definition) is 2. The number of fused-ring (bicyclic) bond motifs is 1. The number of anilines is 2. The Kier molecular flexibility index (Phi) is 3.31. The third kappa shape index (κ3) is 2.33. The lowest BCUT2D eigenvalue weighted by Gasteiger charge is -2.21. The standard InChI is InChI=1S/C17H19N5O2/c1-9(2)22-15-6-5-12(8-14(15)19-21-22)17-18-16(20-24-17)13-7-10(3)23-11(13)4/h5-9,19,21H,1-4H3. The molecule has 0 spiro atoms. The van der Waals surface area contributed by atoms with Gasteiger partial charge < -0.3 is 14.4 Å². The van der Waals surface area contributed by atoms with E-state index in [9.17, 15) is 0 Å². The zero-order valence-corrected chi connectivity index (χ0v) is 14.0. The molecular weight excluding hydrogens is 306 g/mol. The Balaban J connectivity index is 1.67. The lowest BCUT2D eigenvalue weighted by Crippen LogP contribution is -2.41. The van der Waals surface area contributed by atoms with Crippen molar-refractivity contribution in [3.63, 3.8) is 0 Å². The molecule has 0 radical (unpaired) electrons. The van der Waals surface area contributed by atoms with Crippen molar-refractivity contribution < 1.29 is 8.94 Å². The number of aromatic nitrogens is 2. The molecule has 3 heterocycles. The number of nitrogens with one attached hydrogen (secondary N) is 2. The van der Waals surface area contributed by atoms with Gasteiger partial charge in [0.1, 0.15) is 11.5 Å². The molecule has 0 bridgehead atoms. The van der Waals surface area contributed by atoms with E-state index in [2.05, 4.69) is 40.0 Å². The molecule has 0 fully saturated rings. The summed E-state index contributed by atoms with van der Waals surface area (Å²) < 4.78 is 11.0. The minimum atomic E-state index is 0.340. The number of aryl methyl sites for hydroxylation is 2. The van der Waals surface area contributed by atoms with E-state index in [1.807, 2.05) is 38.1 Å². The molecule has 1 aliphatic heterocycles. The first-order valence-corrected chi connectivity index (χ1v) is 7.89. The molecule has 0 atom stereocenters. The van der Waals surface area contributed by atoms with E-state index >= 15 is 0 Å². The predicted molar refractivity (Wildman–Crippen MR) is 91.3 cm³/mol. The van der Waals surface area contributed by atoms with Gasteiger partial charge in [-0.3, -0.25) is 5.01 Å². The Bertz CT molecular complexity index is 896. The van der Waals surface area contributed by atoms with Gasteiger partial charge in [-0.25, -0.2) is 0 Å². The number of rotatable bonds is 3. The van der Waals surface area contributed by atoms with E-state index in [1.54, 1.807) is 0 Å². The van der Waals surface area contributed by atoms with Crippen LogP contribution in [0, 0.1) is 13.8 Å². The highest BCUT2D eigenvalue weighted by atomic mass is 16.5. The number of benzene rings is 1. The van der Waals surface area contributed by atoms with Crippen molar-refractivity contribution in [1.82, 2.24) is 15.7 Å². The fraction of sp³-hybridized carbons (Fsp3) is 0.294. The van der Waals surface area contributed by atoms with Crippen molar-refractivity contribution in [3.05, 3.63) is 35.8 Å². The summed E-state index contributed by atoms with van der Waals surface area (Å²) in [5.74, 6) is 2.63. The summed E-state index contributed by atoms with van der Waals surface area (Å²) in [6.45, 7) is 8.04. The first kappa shape index (κ1) is 14.8. The van der Waals surface area contributed by atoms with Crippen molar-refractivity contribution in [2.45, 2.75) is 33.7 Å². The van der Waals surface area contributed by atoms with Gasteiger partial charge >= 0.3 is 0 Å². The van der Waals surface area contributed by atoms with E-state index in [4.69, 9.17) is 8.94 Å². The lowest BCUT2D eigenvalue weighted by molar-refractivity contribution is 0.432. The van der Waals surface area contributed by atoms with Crippen molar-refractivity contribution in [2.24, 2.45) is 0 Å². The van der Waals surface area contributed by atoms with Crippen LogP contribution in [0.4, 0.5) is 11.4 Å². The molecule has 2 aromatic heterocycles. The molecular formula is C17H19N5O2. The molecule has 1 aliphatic rings. The van der Waals surface area contributed by atoms with Gasteiger partial charge in [0.05, 0.1) is 16.9 Å². The monoisotopic (exact) mass is 325 g/mol. The summed E-state index contributed by atoms with van der Waals surface area (Å²) >= 11 is 0. The minimum absolute atomic E-state index is 0.340. The molecule has 3 aromatic rings. The summed E-state index contributed by atoms with van der Waals surface area (Å²) in [5.41, 5.74) is 10.1. The maximum absolute atomic E-state index is 5.53. The highest BCUT2D eigenvalue weighted by molar-refractivity contribution is 5.78. The molecule has 0 saturated heterocycles. The third-order valence-corrected chi connectivity index (χ3v) is 4.04. The summed E-state index contributed by atoms with van der Waals surface area (Å²) in [6, 6.07) is 8.27. The zero-order valence-electron chi connectivity index (χ0n) is 14.0. The second kappa shape index (κ2) is 5.38. The average Bonchev–Trinajstić information content (AvgIpc) is 3.24. The Hall–Kier alpha value is -2.80. The number of hydrazine groups is 2. The smallest absolute Gasteiger partial charge is 0.258 e. The highest BCUT2D eigenvalue weighted by Gasteiger charge is 2.22. The molecule has 124 valence electrons. The SMILES string of the molecule is Cc1cc(-c2noc(-c3ccc4c(c3)NNN4C(C)C)n2)c(C)o1. The van der Waals surface area contributed by atoms with E-state index in [0.717, 1.165) is 34.0 Å². The van der Waals surface area contributed by atoms with Gasteiger partial charge in [0.15, 0.2) is 0 Å². The quantitative estimate of drug-likeness (QED) is 0.760. The van der Waals surface area contributed by atoms with Gasteiger partial charge in [-0.15, -0.1) is 5.53 Å². The number of nitrogens with zero attached hydrogens (tertiary/aromatic N) is 3.